The molecule has 0 saturated carbocycles. The summed E-state index contributed by atoms with van der Waals surface area (Å²) >= 11 is 1.40. The maximum Gasteiger partial charge on any atom is 0.233 e. The van der Waals surface area contributed by atoms with Gasteiger partial charge < -0.3 is 9.80 Å². The van der Waals surface area contributed by atoms with E-state index in [0.717, 1.165) is 50.8 Å². The minimum atomic E-state index is -0.274. The van der Waals surface area contributed by atoms with E-state index >= 15 is 0 Å². The first-order valence-electron chi connectivity index (χ1n) is 10.6. The first-order valence-corrected chi connectivity index (χ1v) is 11.6. The van der Waals surface area contributed by atoms with Gasteiger partial charge in [0.15, 0.2) is 11.0 Å². The summed E-state index contributed by atoms with van der Waals surface area (Å²) in [6.07, 6.45) is 3.67. The van der Waals surface area contributed by atoms with Gasteiger partial charge in [0.25, 0.3) is 0 Å². The van der Waals surface area contributed by atoms with Crippen molar-refractivity contribution in [1.29, 1.82) is 0 Å². The number of rotatable bonds is 6. The number of likely N-dealkylation sites (tertiary alicyclic amines) is 1. The van der Waals surface area contributed by atoms with Gasteiger partial charge in [-0.3, -0.25) is 14.3 Å². The summed E-state index contributed by atoms with van der Waals surface area (Å²) in [4.78, 5) is 19.2. The van der Waals surface area contributed by atoms with Crippen molar-refractivity contribution in [1.82, 2.24) is 29.5 Å². The molecule has 2 aliphatic heterocycles. The number of carbonyl (C=O) groups excluding carboxylic acids is 1. The highest BCUT2D eigenvalue weighted by atomic mass is 32.2. The van der Waals surface area contributed by atoms with E-state index < -0.39 is 0 Å². The third-order valence-corrected chi connectivity index (χ3v) is 6.69. The minimum absolute atomic E-state index is 0.124. The number of benzene rings is 1. The lowest BCUT2D eigenvalue weighted by atomic mass is 10.1. The van der Waals surface area contributed by atoms with Crippen molar-refractivity contribution < 1.29 is 9.18 Å². The van der Waals surface area contributed by atoms with Crippen LogP contribution in [0, 0.1) is 5.82 Å². The Hall–Kier alpha value is -1.97. The van der Waals surface area contributed by atoms with Crippen LogP contribution >= 0.6 is 11.8 Å². The Morgan fingerprint density at radius 1 is 1.00 bits per heavy atom. The van der Waals surface area contributed by atoms with Gasteiger partial charge in [-0.15, -0.1) is 10.2 Å². The summed E-state index contributed by atoms with van der Waals surface area (Å²) in [5.74, 6) is 1.01. The molecule has 1 aromatic heterocycles. The van der Waals surface area contributed by atoms with Crippen LogP contribution in [-0.4, -0.2) is 87.4 Å². The highest BCUT2D eigenvalue weighted by Crippen LogP contribution is 2.24. The van der Waals surface area contributed by atoms with Crippen LogP contribution in [0.1, 0.15) is 25.1 Å². The molecule has 162 valence electrons. The Kier molecular flexibility index (Phi) is 7.01. The van der Waals surface area contributed by atoms with Crippen LogP contribution in [0.3, 0.4) is 0 Å². The fraction of sp³-hybridized carbons (Fsp3) is 0.571. The molecule has 1 aromatic carbocycles. The zero-order valence-electron chi connectivity index (χ0n) is 17.5. The number of nitrogens with zero attached hydrogens (tertiary/aromatic N) is 6. The number of hydrogen-bond donors (Lipinski definition) is 0. The Morgan fingerprint density at radius 2 is 1.70 bits per heavy atom. The molecule has 0 aliphatic carbocycles. The third kappa shape index (κ3) is 5.19. The number of thioether (sulfide) groups is 1. The van der Waals surface area contributed by atoms with Crippen LogP contribution < -0.4 is 0 Å². The van der Waals surface area contributed by atoms with Crippen molar-refractivity contribution in [2.45, 2.75) is 31.0 Å². The highest BCUT2D eigenvalue weighted by molar-refractivity contribution is 7.99. The molecular weight excluding hydrogens is 403 g/mol. The number of piperidine rings is 1. The molecule has 4 rings (SSSR count). The van der Waals surface area contributed by atoms with Crippen molar-refractivity contribution in [3.63, 3.8) is 0 Å². The van der Waals surface area contributed by atoms with Gasteiger partial charge in [-0.05, 0) is 57.2 Å². The number of amides is 1. The molecule has 0 bridgehead atoms. The second-order valence-corrected chi connectivity index (χ2v) is 8.96. The van der Waals surface area contributed by atoms with E-state index in [1.807, 2.05) is 9.47 Å². The van der Waals surface area contributed by atoms with Crippen molar-refractivity contribution in [2.75, 3.05) is 52.1 Å². The zero-order valence-corrected chi connectivity index (χ0v) is 18.3. The number of hydrogen-bond acceptors (Lipinski definition) is 6. The van der Waals surface area contributed by atoms with Gasteiger partial charge in [0.2, 0.25) is 5.91 Å². The van der Waals surface area contributed by atoms with Crippen LogP contribution in [0.5, 0.6) is 0 Å². The predicted octanol–water partition coefficient (Wildman–Crippen LogP) is 2.26. The Bertz CT molecular complexity index is 844. The number of likely N-dealkylation sites (N-methyl/N-ethyl adjacent to an activating group) is 1. The van der Waals surface area contributed by atoms with E-state index in [1.54, 1.807) is 12.1 Å². The summed E-state index contributed by atoms with van der Waals surface area (Å²) in [6.45, 7) is 6.16. The molecule has 0 unspecified atom stereocenters. The monoisotopic (exact) mass is 432 g/mol. The van der Waals surface area contributed by atoms with Crippen molar-refractivity contribution >= 4 is 17.7 Å². The molecular formula is C21H29FN6OS. The van der Waals surface area contributed by atoms with Crippen molar-refractivity contribution in [2.24, 2.45) is 0 Å². The number of carbonyl (C=O) groups is 1. The van der Waals surface area contributed by atoms with Crippen molar-refractivity contribution in [3.8, 4) is 5.69 Å². The lowest BCUT2D eigenvalue weighted by Crippen LogP contribution is -2.47. The van der Waals surface area contributed by atoms with Crippen molar-refractivity contribution in [3.05, 3.63) is 35.9 Å². The highest BCUT2D eigenvalue weighted by Gasteiger charge is 2.22. The fourth-order valence-electron chi connectivity index (χ4n) is 3.94. The normalized spacial score (nSPS) is 18.7. The van der Waals surface area contributed by atoms with E-state index in [0.29, 0.717) is 17.5 Å². The van der Waals surface area contributed by atoms with E-state index in [9.17, 15) is 9.18 Å². The number of halogens is 1. The molecule has 30 heavy (non-hydrogen) atoms. The third-order valence-electron chi connectivity index (χ3n) is 5.78. The molecule has 9 heteroatoms. The lowest BCUT2D eigenvalue weighted by molar-refractivity contribution is -0.129. The molecule has 3 heterocycles. The number of piperazine rings is 1. The van der Waals surface area contributed by atoms with Crippen LogP contribution in [0.4, 0.5) is 4.39 Å². The van der Waals surface area contributed by atoms with Crippen LogP contribution in [0.25, 0.3) is 5.69 Å². The summed E-state index contributed by atoms with van der Waals surface area (Å²) in [6, 6.07) is 6.38. The van der Waals surface area contributed by atoms with Crippen LogP contribution in [0.2, 0.25) is 0 Å². The lowest BCUT2D eigenvalue weighted by Gasteiger charge is -2.32. The smallest absolute Gasteiger partial charge is 0.233 e. The van der Waals surface area contributed by atoms with Gasteiger partial charge in [-0.1, -0.05) is 18.2 Å². The molecule has 0 atom stereocenters. The van der Waals surface area contributed by atoms with Gasteiger partial charge in [-0.25, -0.2) is 4.39 Å². The Labute approximate surface area is 181 Å². The largest absolute Gasteiger partial charge is 0.339 e. The van der Waals surface area contributed by atoms with E-state index in [2.05, 4.69) is 27.0 Å². The first kappa shape index (κ1) is 21.3. The Balaban J connectivity index is 1.50. The summed E-state index contributed by atoms with van der Waals surface area (Å²) in [5, 5.41) is 9.50. The molecule has 7 nitrogen and oxygen atoms in total. The van der Waals surface area contributed by atoms with E-state index in [-0.39, 0.29) is 11.7 Å². The molecule has 1 amide bonds. The second-order valence-electron chi connectivity index (χ2n) is 8.02. The molecule has 2 saturated heterocycles. The Morgan fingerprint density at radius 3 is 2.40 bits per heavy atom. The second kappa shape index (κ2) is 9.89. The van der Waals surface area contributed by atoms with Gasteiger partial charge in [0.05, 0.1) is 12.3 Å². The topological polar surface area (TPSA) is 57.5 Å². The maximum absolute atomic E-state index is 13.5. The van der Waals surface area contributed by atoms with Gasteiger partial charge in [0, 0.05) is 31.9 Å². The van der Waals surface area contributed by atoms with E-state index in [4.69, 9.17) is 0 Å². The first-order chi connectivity index (χ1) is 14.6. The van der Waals surface area contributed by atoms with Crippen LogP contribution in [-0.2, 0) is 11.3 Å². The number of aromatic nitrogens is 3. The summed E-state index contributed by atoms with van der Waals surface area (Å²) in [5.41, 5.74) is 0.822. The minimum Gasteiger partial charge on any atom is -0.339 e. The molecule has 2 aliphatic rings. The predicted molar refractivity (Wildman–Crippen MR) is 115 cm³/mol. The molecule has 0 spiro atoms. The standard InChI is InChI=1S/C21H29FN6OS/c1-25-11-13-27(14-12-25)20(29)16-30-21-24-23-19(15-26-9-3-2-4-10-26)28(21)18-7-5-17(22)6-8-18/h5-8H,2-4,9-16H2,1H3. The summed E-state index contributed by atoms with van der Waals surface area (Å²) in [7, 11) is 2.08. The summed E-state index contributed by atoms with van der Waals surface area (Å²) < 4.78 is 15.5. The van der Waals surface area contributed by atoms with Gasteiger partial charge >= 0.3 is 0 Å². The molecule has 2 fully saturated rings. The van der Waals surface area contributed by atoms with Crippen LogP contribution in [0.15, 0.2) is 29.4 Å². The van der Waals surface area contributed by atoms with E-state index in [1.165, 1.54) is 43.2 Å². The SMILES string of the molecule is CN1CCN(C(=O)CSc2nnc(CN3CCCCC3)n2-c2ccc(F)cc2)CC1. The zero-order chi connectivity index (χ0) is 20.9. The fourth-order valence-corrected chi connectivity index (χ4v) is 4.81. The average Bonchev–Trinajstić information content (AvgIpc) is 3.16. The average molecular weight is 433 g/mol. The molecule has 2 aromatic rings. The molecule has 0 N–H and O–H groups in total. The van der Waals surface area contributed by atoms with Gasteiger partial charge in [0.1, 0.15) is 5.82 Å². The van der Waals surface area contributed by atoms with Gasteiger partial charge in [-0.2, -0.15) is 0 Å². The quantitative estimate of drug-likeness (QED) is 0.653. The maximum atomic E-state index is 13.5. The molecule has 0 radical (unpaired) electrons.